The number of benzene rings is 2. The van der Waals surface area contributed by atoms with Gasteiger partial charge in [-0.3, -0.25) is 4.99 Å². The van der Waals surface area contributed by atoms with Gasteiger partial charge in [0.05, 0.1) is 5.69 Å². The molecular formula is C19H23N. The Hall–Kier alpha value is -1.89. The third kappa shape index (κ3) is 3.36. The van der Waals surface area contributed by atoms with Crippen molar-refractivity contribution >= 4 is 11.9 Å². The molecule has 0 aliphatic rings. The first-order valence-electron chi connectivity index (χ1n) is 7.31. The second-order valence-corrected chi connectivity index (χ2v) is 5.76. The van der Waals surface area contributed by atoms with E-state index in [0.29, 0.717) is 11.8 Å². The first kappa shape index (κ1) is 14.5. The van der Waals surface area contributed by atoms with Crippen molar-refractivity contribution in [1.29, 1.82) is 0 Å². The number of hydrogen-bond donors (Lipinski definition) is 0. The van der Waals surface area contributed by atoms with Crippen LogP contribution >= 0.6 is 0 Å². The molecular weight excluding hydrogens is 242 g/mol. The van der Waals surface area contributed by atoms with Crippen molar-refractivity contribution in [2.24, 2.45) is 4.99 Å². The largest absolute Gasteiger partial charge is 0.256 e. The topological polar surface area (TPSA) is 12.4 Å². The van der Waals surface area contributed by atoms with Crippen LogP contribution in [0.25, 0.3) is 0 Å². The van der Waals surface area contributed by atoms with Crippen molar-refractivity contribution in [2.75, 3.05) is 0 Å². The van der Waals surface area contributed by atoms with Gasteiger partial charge in [0.25, 0.3) is 0 Å². The van der Waals surface area contributed by atoms with E-state index in [2.05, 4.69) is 58.0 Å². The predicted octanol–water partition coefficient (Wildman–Crippen LogP) is 5.68. The van der Waals surface area contributed by atoms with Crippen LogP contribution in [0.4, 0.5) is 5.69 Å². The standard InChI is InChI=1S/C19H23N/c1-14(2)17-11-8-12-18(15(3)4)19(17)20-13-16-9-6-5-7-10-16/h5-15H,1-4H3/b20-13+. The minimum Gasteiger partial charge on any atom is -0.256 e. The summed E-state index contributed by atoms with van der Waals surface area (Å²) in [7, 11) is 0. The summed E-state index contributed by atoms with van der Waals surface area (Å²) in [5.41, 5.74) is 4.92. The number of aliphatic imine (C=N–C) groups is 1. The summed E-state index contributed by atoms with van der Waals surface area (Å²) in [6.07, 6.45) is 1.97. The van der Waals surface area contributed by atoms with Gasteiger partial charge in [0, 0.05) is 6.21 Å². The summed E-state index contributed by atoms with van der Waals surface area (Å²) in [6, 6.07) is 16.8. The molecule has 0 amide bonds. The van der Waals surface area contributed by atoms with Gasteiger partial charge in [-0.05, 0) is 28.5 Å². The highest BCUT2D eigenvalue weighted by molar-refractivity contribution is 5.82. The van der Waals surface area contributed by atoms with Gasteiger partial charge in [-0.1, -0.05) is 76.2 Å². The summed E-state index contributed by atoms with van der Waals surface area (Å²) in [6.45, 7) is 8.89. The van der Waals surface area contributed by atoms with Crippen molar-refractivity contribution in [3.05, 3.63) is 65.2 Å². The van der Waals surface area contributed by atoms with Gasteiger partial charge in [0.1, 0.15) is 0 Å². The quantitative estimate of drug-likeness (QED) is 0.630. The normalized spacial score (nSPS) is 11.7. The van der Waals surface area contributed by atoms with Crippen molar-refractivity contribution in [1.82, 2.24) is 0 Å². The second kappa shape index (κ2) is 6.51. The Morgan fingerprint density at radius 1 is 0.750 bits per heavy atom. The SMILES string of the molecule is CC(C)c1cccc(C(C)C)c1/N=C/c1ccccc1. The molecule has 104 valence electrons. The van der Waals surface area contributed by atoms with Crippen molar-refractivity contribution in [2.45, 2.75) is 39.5 Å². The number of hydrogen-bond acceptors (Lipinski definition) is 1. The lowest BCUT2D eigenvalue weighted by atomic mass is 9.93. The summed E-state index contributed by atoms with van der Waals surface area (Å²) in [5.74, 6) is 0.966. The minimum absolute atomic E-state index is 0.483. The van der Waals surface area contributed by atoms with E-state index in [1.165, 1.54) is 11.1 Å². The van der Waals surface area contributed by atoms with Crippen molar-refractivity contribution in [3.8, 4) is 0 Å². The smallest absolute Gasteiger partial charge is 0.0699 e. The van der Waals surface area contributed by atoms with Crippen molar-refractivity contribution < 1.29 is 0 Å². The molecule has 1 nitrogen and oxygen atoms in total. The molecule has 0 saturated heterocycles. The average molecular weight is 265 g/mol. The molecule has 2 aromatic carbocycles. The third-order valence-electron chi connectivity index (χ3n) is 3.48. The lowest BCUT2D eigenvalue weighted by Crippen LogP contribution is -1.95. The Morgan fingerprint density at radius 3 is 1.80 bits per heavy atom. The van der Waals surface area contributed by atoms with Crippen LogP contribution < -0.4 is 0 Å². The number of rotatable bonds is 4. The highest BCUT2D eigenvalue weighted by Gasteiger charge is 2.12. The van der Waals surface area contributed by atoms with Crippen LogP contribution in [0.15, 0.2) is 53.5 Å². The molecule has 0 bridgehead atoms. The average Bonchev–Trinajstić information content (AvgIpc) is 2.45. The Kier molecular flexibility index (Phi) is 4.73. The maximum Gasteiger partial charge on any atom is 0.0699 e. The molecule has 0 heterocycles. The lowest BCUT2D eigenvalue weighted by Gasteiger charge is -2.16. The molecule has 1 heteroatoms. The zero-order valence-electron chi connectivity index (χ0n) is 12.8. The van der Waals surface area contributed by atoms with Crippen LogP contribution in [-0.4, -0.2) is 6.21 Å². The first-order chi connectivity index (χ1) is 9.59. The molecule has 2 aromatic rings. The molecule has 0 saturated carbocycles. The van der Waals surface area contributed by atoms with Crippen LogP contribution in [0.3, 0.4) is 0 Å². The zero-order valence-corrected chi connectivity index (χ0v) is 12.8. The maximum absolute atomic E-state index is 4.79. The Balaban J connectivity index is 2.46. The van der Waals surface area contributed by atoms with Gasteiger partial charge < -0.3 is 0 Å². The molecule has 0 fully saturated rings. The van der Waals surface area contributed by atoms with Crippen LogP contribution in [0.1, 0.15) is 56.2 Å². The number of para-hydroxylation sites is 1. The second-order valence-electron chi connectivity index (χ2n) is 5.76. The van der Waals surface area contributed by atoms with Gasteiger partial charge in [0.2, 0.25) is 0 Å². The van der Waals surface area contributed by atoms with Gasteiger partial charge in [0.15, 0.2) is 0 Å². The fraction of sp³-hybridized carbons (Fsp3) is 0.316. The van der Waals surface area contributed by atoms with E-state index in [1.54, 1.807) is 0 Å². The summed E-state index contributed by atoms with van der Waals surface area (Å²) in [4.78, 5) is 4.79. The molecule has 0 aliphatic carbocycles. The molecule has 0 spiro atoms. The van der Waals surface area contributed by atoms with E-state index in [1.807, 2.05) is 24.4 Å². The molecule has 20 heavy (non-hydrogen) atoms. The molecule has 0 N–H and O–H groups in total. The van der Waals surface area contributed by atoms with E-state index < -0.39 is 0 Å². The van der Waals surface area contributed by atoms with E-state index >= 15 is 0 Å². The summed E-state index contributed by atoms with van der Waals surface area (Å²) < 4.78 is 0. The fourth-order valence-electron chi connectivity index (χ4n) is 2.34. The summed E-state index contributed by atoms with van der Waals surface area (Å²) in [5, 5.41) is 0. The lowest BCUT2D eigenvalue weighted by molar-refractivity contribution is 0.835. The molecule has 0 unspecified atom stereocenters. The third-order valence-corrected chi connectivity index (χ3v) is 3.48. The minimum atomic E-state index is 0.483. The molecule has 0 atom stereocenters. The van der Waals surface area contributed by atoms with Gasteiger partial charge in [-0.2, -0.15) is 0 Å². The predicted molar refractivity (Wildman–Crippen MR) is 88.3 cm³/mol. The van der Waals surface area contributed by atoms with Crippen LogP contribution in [0, 0.1) is 0 Å². The fourth-order valence-corrected chi connectivity index (χ4v) is 2.34. The van der Waals surface area contributed by atoms with Crippen LogP contribution in [0.2, 0.25) is 0 Å². The summed E-state index contributed by atoms with van der Waals surface area (Å²) >= 11 is 0. The highest BCUT2D eigenvalue weighted by atomic mass is 14.7. The molecule has 0 aliphatic heterocycles. The maximum atomic E-state index is 4.79. The van der Waals surface area contributed by atoms with E-state index in [9.17, 15) is 0 Å². The highest BCUT2D eigenvalue weighted by Crippen LogP contribution is 2.34. The van der Waals surface area contributed by atoms with Gasteiger partial charge in [-0.15, -0.1) is 0 Å². The Labute approximate surface area is 122 Å². The first-order valence-corrected chi connectivity index (χ1v) is 7.31. The van der Waals surface area contributed by atoms with Gasteiger partial charge >= 0.3 is 0 Å². The van der Waals surface area contributed by atoms with Crippen molar-refractivity contribution in [3.63, 3.8) is 0 Å². The molecule has 2 rings (SSSR count). The molecule has 0 aromatic heterocycles. The number of nitrogens with zero attached hydrogens (tertiary/aromatic N) is 1. The van der Waals surface area contributed by atoms with E-state index in [0.717, 1.165) is 11.3 Å². The van der Waals surface area contributed by atoms with E-state index in [4.69, 9.17) is 4.99 Å². The van der Waals surface area contributed by atoms with Crippen LogP contribution in [-0.2, 0) is 0 Å². The Morgan fingerprint density at radius 2 is 1.30 bits per heavy atom. The molecule has 0 radical (unpaired) electrons. The van der Waals surface area contributed by atoms with Crippen LogP contribution in [0.5, 0.6) is 0 Å². The zero-order chi connectivity index (χ0) is 14.5. The van der Waals surface area contributed by atoms with Gasteiger partial charge in [-0.25, -0.2) is 0 Å². The monoisotopic (exact) mass is 265 g/mol. The Bertz CT molecular complexity index is 554. The van der Waals surface area contributed by atoms with E-state index in [-0.39, 0.29) is 0 Å².